The maximum atomic E-state index is 12.0. The summed E-state index contributed by atoms with van der Waals surface area (Å²) in [7, 11) is 0. The van der Waals surface area contributed by atoms with Crippen LogP contribution in [0.3, 0.4) is 0 Å². The Bertz CT molecular complexity index is 843. The van der Waals surface area contributed by atoms with Gasteiger partial charge in [-0.05, 0) is 42.5 Å². The average Bonchev–Trinajstić information content (AvgIpc) is 2.97. The Morgan fingerprint density at radius 2 is 1.86 bits per heavy atom. The molecule has 110 valence electrons. The number of benzene rings is 2. The molecule has 0 aliphatic rings. The van der Waals surface area contributed by atoms with Crippen molar-refractivity contribution in [2.24, 2.45) is 0 Å². The summed E-state index contributed by atoms with van der Waals surface area (Å²) in [5.41, 5.74) is 1.96. The number of oxazole rings is 1. The number of fused-ring (bicyclic) bond motifs is 1. The summed E-state index contributed by atoms with van der Waals surface area (Å²) >= 11 is 5.75. The zero-order valence-electron chi connectivity index (χ0n) is 11.2. The van der Waals surface area contributed by atoms with E-state index < -0.39 is 11.9 Å². The molecule has 0 saturated carbocycles. The van der Waals surface area contributed by atoms with Gasteiger partial charge in [-0.2, -0.15) is 0 Å². The van der Waals surface area contributed by atoms with Crippen molar-refractivity contribution in [3.05, 3.63) is 59.4 Å². The number of halogens is 1. The Morgan fingerprint density at radius 3 is 2.64 bits per heavy atom. The Morgan fingerprint density at radius 1 is 1.09 bits per heavy atom. The first-order valence-electron chi connectivity index (χ1n) is 6.33. The third-order valence-corrected chi connectivity index (χ3v) is 3.17. The van der Waals surface area contributed by atoms with Gasteiger partial charge in [-0.25, -0.2) is 9.78 Å². The van der Waals surface area contributed by atoms with Crippen molar-refractivity contribution in [1.82, 2.24) is 10.3 Å². The number of aromatic nitrogens is 1. The number of amides is 3. The van der Waals surface area contributed by atoms with E-state index in [0.717, 1.165) is 0 Å². The summed E-state index contributed by atoms with van der Waals surface area (Å²) in [6.07, 6.45) is 1.29. The van der Waals surface area contributed by atoms with E-state index in [2.05, 4.69) is 15.6 Å². The van der Waals surface area contributed by atoms with Gasteiger partial charge in [-0.3, -0.25) is 10.1 Å². The van der Waals surface area contributed by atoms with Crippen LogP contribution in [0.15, 0.2) is 53.3 Å². The molecule has 2 N–H and O–H groups in total. The number of nitrogens with one attached hydrogen (secondary N) is 2. The molecule has 0 aliphatic carbocycles. The minimum Gasteiger partial charge on any atom is -0.443 e. The van der Waals surface area contributed by atoms with E-state index in [1.807, 2.05) is 0 Å². The summed E-state index contributed by atoms with van der Waals surface area (Å²) in [5.74, 6) is -0.531. The second-order valence-corrected chi connectivity index (χ2v) is 4.89. The molecule has 22 heavy (non-hydrogen) atoms. The highest BCUT2D eigenvalue weighted by Gasteiger charge is 2.12. The van der Waals surface area contributed by atoms with Crippen molar-refractivity contribution in [3.63, 3.8) is 0 Å². The summed E-state index contributed by atoms with van der Waals surface area (Å²) < 4.78 is 5.09. The van der Waals surface area contributed by atoms with E-state index in [-0.39, 0.29) is 0 Å². The predicted molar refractivity (Wildman–Crippen MR) is 81.9 cm³/mol. The molecular weight excluding hydrogens is 306 g/mol. The van der Waals surface area contributed by atoms with Crippen LogP contribution in [0.1, 0.15) is 10.4 Å². The molecule has 0 saturated heterocycles. The van der Waals surface area contributed by atoms with Crippen LogP contribution in [0.2, 0.25) is 5.02 Å². The van der Waals surface area contributed by atoms with Gasteiger partial charge in [-0.1, -0.05) is 11.6 Å². The second-order valence-electron chi connectivity index (χ2n) is 4.45. The first-order chi connectivity index (χ1) is 10.6. The standard InChI is InChI=1S/C15H10ClN3O3/c16-10-2-4-11(5-3-10)18-15(21)19-14(20)9-1-6-13-12(7-9)17-8-22-13/h1-8H,(H2,18,19,20,21). The highest BCUT2D eigenvalue weighted by Crippen LogP contribution is 2.15. The highest BCUT2D eigenvalue weighted by molar-refractivity contribution is 6.30. The summed E-state index contributed by atoms with van der Waals surface area (Å²) in [5, 5.41) is 5.33. The molecule has 3 amide bonds. The van der Waals surface area contributed by atoms with Crippen LogP contribution in [-0.2, 0) is 0 Å². The molecule has 3 rings (SSSR count). The fourth-order valence-electron chi connectivity index (χ4n) is 1.87. The molecule has 3 aromatic rings. The largest absolute Gasteiger partial charge is 0.443 e. The SMILES string of the molecule is O=C(NC(=O)c1ccc2ocnc2c1)Nc1ccc(Cl)cc1. The molecule has 1 aromatic heterocycles. The second kappa shape index (κ2) is 5.87. The van der Waals surface area contributed by atoms with Gasteiger partial charge in [0.15, 0.2) is 12.0 Å². The molecule has 0 atom stereocenters. The molecule has 0 fully saturated rings. The summed E-state index contributed by atoms with van der Waals surface area (Å²) in [6.45, 7) is 0. The first kappa shape index (κ1) is 14.1. The lowest BCUT2D eigenvalue weighted by atomic mass is 10.2. The Labute approximate surface area is 130 Å². The lowest BCUT2D eigenvalue weighted by molar-refractivity contribution is 0.0967. The molecule has 1 heterocycles. The number of hydrogen-bond donors (Lipinski definition) is 2. The zero-order valence-corrected chi connectivity index (χ0v) is 11.9. The molecule has 0 bridgehead atoms. The molecule has 6 nitrogen and oxygen atoms in total. The number of rotatable bonds is 2. The topological polar surface area (TPSA) is 84.2 Å². The lowest BCUT2D eigenvalue weighted by Gasteiger charge is -2.06. The number of anilines is 1. The van der Waals surface area contributed by atoms with Crippen LogP contribution >= 0.6 is 11.6 Å². The summed E-state index contributed by atoms with van der Waals surface area (Å²) in [4.78, 5) is 27.8. The number of hydrogen-bond acceptors (Lipinski definition) is 4. The van der Waals surface area contributed by atoms with Crippen LogP contribution in [-0.4, -0.2) is 16.9 Å². The molecular formula is C15H10ClN3O3. The van der Waals surface area contributed by atoms with Crippen LogP contribution in [0.5, 0.6) is 0 Å². The highest BCUT2D eigenvalue weighted by atomic mass is 35.5. The van der Waals surface area contributed by atoms with Gasteiger partial charge < -0.3 is 9.73 Å². The molecule has 2 aromatic carbocycles. The van der Waals surface area contributed by atoms with Crippen LogP contribution in [0, 0.1) is 0 Å². The number of carbonyl (C=O) groups excluding carboxylic acids is 2. The minimum absolute atomic E-state index is 0.313. The molecule has 0 radical (unpaired) electrons. The number of urea groups is 1. The van der Waals surface area contributed by atoms with Gasteiger partial charge in [-0.15, -0.1) is 0 Å². The van der Waals surface area contributed by atoms with Crippen LogP contribution < -0.4 is 10.6 Å². The molecule has 7 heteroatoms. The number of imide groups is 1. The maximum Gasteiger partial charge on any atom is 0.326 e. The van der Waals surface area contributed by atoms with E-state index in [1.54, 1.807) is 42.5 Å². The number of nitrogens with zero attached hydrogens (tertiary/aromatic N) is 1. The van der Waals surface area contributed by atoms with Gasteiger partial charge in [0, 0.05) is 16.3 Å². The normalized spacial score (nSPS) is 10.4. The van der Waals surface area contributed by atoms with Gasteiger partial charge in [0.2, 0.25) is 0 Å². The van der Waals surface area contributed by atoms with Crippen molar-refractivity contribution in [2.45, 2.75) is 0 Å². The Hall–Kier alpha value is -2.86. The van der Waals surface area contributed by atoms with E-state index in [4.69, 9.17) is 16.0 Å². The zero-order chi connectivity index (χ0) is 15.5. The Kier molecular flexibility index (Phi) is 3.76. The average molecular weight is 316 g/mol. The lowest BCUT2D eigenvalue weighted by Crippen LogP contribution is -2.34. The van der Waals surface area contributed by atoms with Gasteiger partial charge in [0.05, 0.1) is 0 Å². The van der Waals surface area contributed by atoms with E-state index in [1.165, 1.54) is 6.39 Å². The smallest absolute Gasteiger partial charge is 0.326 e. The Balaban J connectivity index is 1.67. The van der Waals surface area contributed by atoms with Gasteiger partial charge >= 0.3 is 6.03 Å². The molecule has 0 spiro atoms. The van der Waals surface area contributed by atoms with E-state index in [9.17, 15) is 9.59 Å². The van der Waals surface area contributed by atoms with Crippen molar-refractivity contribution in [1.29, 1.82) is 0 Å². The van der Waals surface area contributed by atoms with Gasteiger partial charge in [0.25, 0.3) is 5.91 Å². The monoisotopic (exact) mass is 315 g/mol. The van der Waals surface area contributed by atoms with E-state index >= 15 is 0 Å². The fourth-order valence-corrected chi connectivity index (χ4v) is 2.00. The van der Waals surface area contributed by atoms with Crippen molar-refractivity contribution in [3.8, 4) is 0 Å². The molecule has 0 unspecified atom stereocenters. The maximum absolute atomic E-state index is 12.0. The van der Waals surface area contributed by atoms with Gasteiger partial charge in [0.1, 0.15) is 5.52 Å². The minimum atomic E-state index is -0.632. The fraction of sp³-hybridized carbons (Fsp3) is 0. The quantitative estimate of drug-likeness (QED) is 0.758. The summed E-state index contributed by atoms with van der Waals surface area (Å²) in [6, 6.07) is 10.6. The number of carbonyl (C=O) groups is 2. The van der Waals surface area contributed by atoms with Crippen molar-refractivity contribution in [2.75, 3.05) is 5.32 Å². The third kappa shape index (κ3) is 3.07. The van der Waals surface area contributed by atoms with Crippen LogP contribution in [0.25, 0.3) is 11.1 Å². The van der Waals surface area contributed by atoms with E-state index in [0.29, 0.717) is 27.4 Å². The first-order valence-corrected chi connectivity index (χ1v) is 6.71. The third-order valence-electron chi connectivity index (χ3n) is 2.92. The van der Waals surface area contributed by atoms with Crippen LogP contribution in [0.4, 0.5) is 10.5 Å². The van der Waals surface area contributed by atoms with Crippen molar-refractivity contribution < 1.29 is 14.0 Å². The predicted octanol–water partition coefficient (Wildman–Crippen LogP) is 3.44. The van der Waals surface area contributed by atoms with Crippen molar-refractivity contribution >= 4 is 40.3 Å². The molecule has 0 aliphatic heterocycles.